The molecule has 0 aromatic carbocycles. The SMILES string of the molecule is CCC1(CC)CCN(CCBr)CC1. The van der Waals surface area contributed by atoms with E-state index in [2.05, 4.69) is 34.7 Å². The second-order valence-corrected chi connectivity index (χ2v) is 5.03. The summed E-state index contributed by atoms with van der Waals surface area (Å²) >= 11 is 3.51. The first-order valence-electron chi connectivity index (χ1n) is 5.54. The molecule has 1 saturated heterocycles. The van der Waals surface area contributed by atoms with Crippen LogP contribution >= 0.6 is 15.9 Å². The van der Waals surface area contributed by atoms with E-state index in [4.69, 9.17) is 0 Å². The molecule has 0 amide bonds. The molecule has 0 spiro atoms. The molecule has 0 unspecified atom stereocenters. The molecule has 1 fully saturated rings. The molecule has 0 atom stereocenters. The lowest BCUT2D eigenvalue weighted by atomic mass is 9.74. The minimum Gasteiger partial charge on any atom is -0.302 e. The first-order chi connectivity index (χ1) is 6.26. The van der Waals surface area contributed by atoms with Crippen molar-refractivity contribution < 1.29 is 0 Å². The lowest BCUT2D eigenvalue weighted by molar-refractivity contribution is 0.100. The first-order valence-corrected chi connectivity index (χ1v) is 6.67. The van der Waals surface area contributed by atoms with Gasteiger partial charge in [-0.25, -0.2) is 0 Å². The van der Waals surface area contributed by atoms with E-state index in [1.54, 1.807) is 0 Å². The minimum atomic E-state index is 0.683. The lowest BCUT2D eigenvalue weighted by Crippen LogP contribution is -2.40. The quantitative estimate of drug-likeness (QED) is 0.690. The summed E-state index contributed by atoms with van der Waals surface area (Å²) in [6.07, 6.45) is 5.55. The summed E-state index contributed by atoms with van der Waals surface area (Å²) in [6, 6.07) is 0. The Morgan fingerprint density at radius 1 is 1.15 bits per heavy atom. The summed E-state index contributed by atoms with van der Waals surface area (Å²) in [4.78, 5) is 2.58. The van der Waals surface area contributed by atoms with Gasteiger partial charge in [0.15, 0.2) is 0 Å². The molecule has 2 heteroatoms. The fourth-order valence-corrected chi connectivity index (χ4v) is 2.83. The van der Waals surface area contributed by atoms with Crippen LogP contribution in [0.3, 0.4) is 0 Å². The third-order valence-electron chi connectivity index (χ3n) is 3.82. The Morgan fingerprint density at radius 3 is 2.08 bits per heavy atom. The third kappa shape index (κ3) is 2.95. The van der Waals surface area contributed by atoms with E-state index in [0.29, 0.717) is 5.41 Å². The second kappa shape index (κ2) is 5.35. The maximum Gasteiger partial charge on any atom is 0.0159 e. The van der Waals surface area contributed by atoms with Gasteiger partial charge in [0.05, 0.1) is 0 Å². The van der Waals surface area contributed by atoms with Crippen molar-refractivity contribution in [2.24, 2.45) is 5.41 Å². The standard InChI is InChI=1S/C11H22BrN/c1-3-11(4-2)5-8-13(9-6-11)10-7-12/h3-10H2,1-2H3. The predicted molar refractivity (Wildman–Crippen MR) is 62.5 cm³/mol. The van der Waals surface area contributed by atoms with E-state index < -0.39 is 0 Å². The summed E-state index contributed by atoms with van der Waals surface area (Å²) in [5.41, 5.74) is 0.683. The Morgan fingerprint density at radius 2 is 1.69 bits per heavy atom. The van der Waals surface area contributed by atoms with Crippen LogP contribution in [-0.4, -0.2) is 29.9 Å². The van der Waals surface area contributed by atoms with Gasteiger partial charge in [0.25, 0.3) is 0 Å². The average Bonchev–Trinajstić information content (AvgIpc) is 2.20. The average molecular weight is 248 g/mol. The van der Waals surface area contributed by atoms with Crippen molar-refractivity contribution in [2.45, 2.75) is 39.5 Å². The first kappa shape index (κ1) is 11.5. The van der Waals surface area contributed by atoms with Gasteiger partial charge in [0.1, 0.15) is 0 Å². The van der Waals surface area contributed by atoms with Crippen LogP contribution < -0.4 is 0 Å². The highest BCUT2D eigenvalue weighted by Crippen LogP contribution is 2.37. The van der Waals surface area contributed by atoms with Crippen LogP contribution in [0.2, 0.25) is 0 Å². The van der Waals surface area contributed by atoms with E-state index in [9.17, 15) is 0 Å². The van der Waals surface area contributed by atoms with Crippen molar-refractivity contribution in [3.05, 3.63) is 0 Å². The maximum atomic E-state index is 3.51. The molecule has 1 aliphatic rings. The molecule has 1 rings (SSSR count). The lowest BCUT2D eigenvalue weighted by Gasteiger charge is -2.40. The molecule has 0 saturated carbocycles. The Labute approximate surface area is 91.0 Å². The van der Waals surface area contributed by atoms with Crippen molar-refractivity contribution in [3.8, 4) is 0 Å². The number of alkyl halides is 1. The largest absolute Gasteiger partial charge is 0.302 e. The number of piperidine rings is 1. The second-order valence-electron chi connectivity index (χ2n) is 4.24. The molecule has 78 valence electrons. The van der Waals surface area contributed by atoms with Crippen molar-refractivity contribution in [1.82, 2.24) is 4.90 Å². The highest BCUT2D eigenvalue weighted by molar-refractivity contribution is 9.09. The number of likely N-dealkylation sites (tertiary alicyclic amines) is 1. The van der Waals surface area contributed by atoms with Gasteiger partial charge in [-0.05, 0) is 31.3 Å². The van der Waals surface area contributed by atoms with E-state index in [-0.39, 0.29) is 0 Å². The summed E-state index contributed by atoms with van der Waals surface area (Å²) in [5.74, 6) is 0. The smallest absolute Gasteiger partial charge is 0.0159 e. The number of nitrogens with zero attached hydrogens (tertiary/aromatic N) is 1. The number of hydrogen-bond donors (Lipinski definition) is 0. The van der Waals surface area contributed by atoms with E-state index in [1.165, 1.54) is 45.3 Å². The number of halogens is 1. The Hall–Kier alpha value is 0.440. The van der Waals surface area contributed by atoms with Gasteiger partial charge in [0.2, 0.25) is 0 Å². The molecule has 0 bridgehead atoms. The third-order valence-corrected chi connectivity index (χ3v) is 4.17. The van der Waals surface area contributed by atoms with Gasteiger partial charge in [-0.3, -0.25) is 0 Å². The van der Waals surface area contributed by atoms with Gasteiger partial charge >= 0.3 is 0 Å². The van der Waals surface area contributed by atoms with Crippen molar-refractivity contribution in [1.29, 1.82) is 0 Å². The summed E-state index contributed by atoms with van der Waals surface area (Å²) in [7, 11) is 0. The van der Waals surface area contributed by atoms with Crippen LogP contribution in [0.4, 0.5) is 0 Å². The Balaban J connectivity index is 2.36. The molecule has 0 aromatic heterocycles. The molecule has 1 nitrogen and oxygen atoms in total. The normalized spacial score (nSPS) is 23.3. The fourth-order valence-electron chi connectivity index (χ4n) is 2.33. The zero-order valence-electron chi connectivity index (χ0n) is 8.98. The van der Waals surface area contributed by atoms with Crippen molar-refractivity contribution in [3.63, 3.8) is 0 Å². The van der Waals surface area contributed by atoms with Crippen LogP contribution in [0.1, 0.15) is 39.5 Å². The Bertz CT molecular complexity index is 133. The van der Waals surface area contributed by atoms with E-state index in [0.717, 1.165) is 5.33 Å². The molecule has 0 N–H and O–H groups in total. The number of rotatable bonds is 4. The molecule has 1 heterocycles. The minimum absolute atomic E-state index is 0.683. The Kier molecular flexibility index (Phi) is 4.74. The zero-order valence-corrected chi connectivity index (χ0v) is 10.6. The van der Waals surface area contributed by atoms with Crippen LogP contribution in [0.5, 0.6) is 0 Å². The monoisotopic (exact) mass is 247 g/mol. The predicted octanol–water partition coefficient (Wildman–Crippen LogP) is 3.28. The van der Waals surface area contributed by atoms with Gasteiger partial charge in [-0.15, -0.1) is 0 Å². The topological polar surface area (TPSA) is 3.24 Å². The summed E-state index contributed by atoms with van der Waals surface area (Å²) in [5, 5.41) is 1.12. The van der Waals surface area contributed by atoms with Crippen LogP contribution in [-0.2, 0) is 0 Å². The van der Waals surface area contributed by atoms with Crippen molar-refractivity contribution in [2.75, 3.05) is 25.0 Å². The van der Waals surface area contributed by atoms with E-state index in [1.807, 2.05) is 0 Å². The van der Waals surface area contributed by atoms with Crippen LogP contribution in [0.15, 0.2) is 0 Å². The van der Waals surface area contributed by atoms with E-state index >= 15 is 0 Å². The highest BCUT2D eigenvalue weighted by Gasteiger charge is 2.30. The van der Waals surface area contributed by atoms with Crippen LogP contribution in [0.25, 0.3) is 0 Å². The van der Waals surface area contributed by atoms with Gasteiger partial charge in [-0.2, -0.15) is 0 Å². The number of hydrogen-bond acceptors (Lipinski definition) is 1. The summed E-state index contributed by atoms with van der Waals surface area (Å²) in [6.45, 7) is 8.55. The maximum absolute atomic E-state index is 3.51. The van der Waals surface area contributed by atoms with Crippen molar-refractivity contribution >= 4 is 15.9 Å². The highest BCUT2D eigenvalue weighted by atomic mass is 79.9. The molecular weight excluding hydrogens is 226 g/mol. The molecule has 0 radical (unpaired) electrons. The van der Waals surface area contributed by atoms with Crippen LogP contribution in [0, 0.1) is 5.41 Å². The fraction of sp³-hybridized carbons (Fsp3) is 1.00. The zero-order chi connectivity index (χ0) is 9.73. The van der Waals surface area contributed by atoms with Gasteiger partial charge in [0, 0.05) is 11.9 Å². The summed E-state index contributed by atoms with van der Waals surface area (Å²) < 4.78 is 0. The van der Waals surface area contributed by atoms with Gasteiger partial charge in [-0.1, -0.05) is 42.6 Å². The molecule has 1 aliphatic heterocycles. The molecular formula is C11H22BrN. The molecule has 13 heavy (non-hydrogen) atoms. The molecule has 0 aliphatic carbocycles. The molecule has 0 aromatic rings. The van der Waals surface area contributed by atoms with Gasteiger partial charge < -0.3 is 4.90 Å².